The Labute approximate surface area is 48.6 Å². The third-order valence-electron chi connectivity index (χ3n) is 0.522. The molecule has 0 spiro atoms. The first-order chi connectivity index (χ1) is 3.91. The van der Waals surface area contributed by atoms with Crippen LogP contribution in [0.1, 0.15) is 0 Å². The highest BCUT2D eigenvalue weighted by Crippen LogP contribution is 1.59. The van der Waals surface area contributed by atoms with Crippen LogP contribution in [0.4, 0.5) is 0 Å². The number of hydrogen-bond donors (Lipinski definition) is 2. The first-order valence-corrected chi connectivity index (χ1v) is 2.26. The minimum atomic E-state index is 0.593. The van der Waals surface area contributed by atoms with Crippen LogP contribution < -0.4 is 5.32 Å². The van der Waals surface area contributed by atoms with Crippen LogP contribution in [0.25, 0.3) is 0 Å². The first-order valence-electron chi connectivity index (χ1n) is 2.26. The molecule has 0 aliphatic heterocycles. The zero-order valence-corrected chi connectivity index (χ0v) is 4.59. The highest BCUT2D eigenvalue weighted by Gasteiger charge is 1.66. The van der Waals surface area contributed by atoms with Crippen LogP contribution in [0.5, 0.6) is 0 Å². The van der Waals surface area contributed by atoms with E-state index in [2.05, 4.69) is 16.9 Å². The number of aliphatic imine (C=N–C) groups is 1. The van der Waals surface area contributed by atoms with Crippen molar-refractivity contribution in [1.82, 2.24) is 5.32 Å². The molecule has 0 saturated heterocycles. The molecule has 0 bridgehead atoms. The molecule has 0 aromatic carbocycles. The van der Waals surface area contributed by atoms with Gasteiger partial charge >= 0.3 is 0 Å². The van der Waals surface area contributed by atoms with Gasteiger partial charge in [-0.3, -0.25) is 10.4 Å². The molecule has 0 radical (unpaired) electrons. The fourth-order valence-electron chi connectivity index (χ4n) is 0.239. The van der Waals surface area contributed by atoms with E-state index in [0.717, 1.165) is 6.34 Å². The lowest BCUT2D eigenvalue weighted by molar-refractivity contribution is 1.11. The molecule has 3 heteroatoms. The lowest BCUT2D eigenvalue weighted by Crippen LogP contribution is -2.12. The topological polar surface area (TPSA) is 48.2 Å². The second-order valence-electron chi connectivity index (χ2n) is 1.07. The number of hydrogen-bond acceptors (Lipinski definition) is 2. The SMILES string of the molecule is C=CN=CCNC=N. The van der Waals surface area contributed by atoms with E-state index in [1.807, 2.05) is 0 Å². The van der Waals surface area contributed by atoms with Gasteiger partial charge in [-0.25, -0.2) is 0 Å². The molecule has 0 aromatic rings. The zero-order valence-electron chi connectivity index (χ0n) is 4.59. The summed E-state index contributed by atoms with van der Waals surface area (Å²) >= 11 is 0. The van der Waals surface area contributed by atoms with E-state index >= 15 is 0 Å². The van der Waals surface area contributed by atoms with Crippen molar-refractivity contribution in [3.05, 3.63) is 12.8 Å². The quantitative estimate of drug-likeness (QED) is 0.308. The maximum atomic E-state index is 6.51. The number of rotatable bonds is 4. The smallest absolute Gasteiger partial charge is 0.0794 e. The van der Waals surface area contributed by atoms with Crippen LogP contribution >= 0.6 is 0 Å². The first kappa shape index (κ1) is 6.88. The molecule has 0 saturated carbocycles. The summed E-state index contributed by atoms with van der Waals surface area (Å²) in [4.78, 5) is 3.68. The molecule has 0 rings (SSSR count). The molecule has 0 aliphatic carbocycles. The average molecular weight is 111 g/mol. The van der Waals surface area contributed by atoms with Gasteiger partial charge in [0.2, 0.25) is 0 Å². The molecule has 0 amide bonds. The van der Waals surface area contributed by atoms with Crippen molar-refractivity contribution in [2.45, 2.75) is 0 Å². The molecule has 8 heavy (non-hydrogen) atoms. The van der Waals surface area contributed by atoms with Gasteiger partial charge in [0.1, 0.15) is 0 Å². The third-order valence-corrected chi connectivity index (χ3v) is 0.522. The van der Waals surface area contributed by atoms with Crippen LogP contribution in [0.15, 0.2) is 17.8 Å². The highest BCUT2D eigenvalue weighted by molar-refractivity contribution is 5.65. The summed E-state index contributed by atoms with van der Waals surface area (Å²) in [6.07, 6.45) is 4.21. The molecule has 3 nitrogen and oxygen atoms in total. The maximum absolute atomic E-state index is 6.51. The summed E-state index contributed by atoms with van der Waals surface area (Å²) in [5.41, 5.74) is 0. The minimum absolute atomic E-state index is 0.593. The van der Waals surface area contributed by atoms with Crippen molar-refractivity contribution in [1.29, 1.82) is 5.41 Å². The molecule has 44 valence electrons. The lowest BCUT2D eigenvalue weighted by Gasteiger charge is -1.85. The summed E-state index contributed by atoms with van der Waals surface area (Å²) in [7, 11) is 0. The second kappa shape index (κ2) is 5.88. The summed E-state index contributed by atoms with van der Waals surface area (Å²) in [6, 6.07) is 0. The average Bonchev–Trinajstić information content (AvgIpc) is 1.81. The van der Waals surface area contributed by atoms with Crippen LogP contribution in [-0.4, -0.2) is 19.1 Å². The van der Waals surface area contributed by atoms with Crippen LogP contribution in [0.3, 0.4) is 0 Å². The van der Waals surface area contributed by atoms with Crippen molar-refractivity contribution < 1.29 is 0 Å². The van der Waals surface area contributed by atoms with Gasteiger partial charge in [-0.15, -0.1) is 0 Å². The van der Waals surface area contributed by atoms with E-state index in [1.165, 1.54) is 6.20 Å². The lowest BCUT2D eigenvalue weighted by atomic mass is 10.7. The van der Waals surface area contributed by atoms with Gasteiger partial charge < -0.3 is 5.32 Å². The van der Waals surface area contributed by atoms with E-state index in [9.17, 15) is 0 Å². The Kier molecular flexibility index (Phi) is 5.06. The number of nitrogens with zero attached hydrogens (tertiary/aromatic N) is 1. The second-order valence-corrected chi connectivity index (χ2v) is 1.07. The normalized spacial score (nSPS) is 9.00. The zero-order chi connectivity index (χ0) is 6.24. The van der Waals surface area contributed by atoms with Crippen LogP contribution in [0.2, 0.25) is 0 Å². The van der Waals surface area contributed by atoms with Gasteiger partial charge in [-0.1, -0.05) is 6.58 Å². The Morgan fingerprint density at radius 1 is 1.75 bits per heavy atom. The molecule has 0 heterocycles. The summed E-state index contributed by atoms with van der Waals surface area (Å²) in [5.74, 6) is 0. The van der Waals surface area contributed by atoms with E-state index in [4.69, 9.17) is 5.41 Å². The summed E-state index contributed by atoms with van der Waals surface area (Å²) < 4.78 is 0. The molecule has 0 atom stereocenters. The van der Waals surface area contributed by atoms with Crippen molar-refractivity contribution in [2.24, 2.45) is 4.99 Å². The van der Waals surface area contributed by atoms with Gasteiger partial charge in [0.05, 0.1) is 12.9 Å². The van der Waals surface area contributed by atoms with E-state index < -0.39 is 0 Å². The van der Waals surface area contributed by atoms with Crippen molar-refractivity contribution in [3.63, 3.8) is 0 Å². The Balaban J connectivity index is 3.02. The minimum Gasteiger partial charge on any atom is -0.372 e. The monoisotopic (exact) mass is 111 g/mol. The molecular formula is C5H9N3. The molecule has 0 fully saturated rings. The fraction of sp³-hybridized carbons (Fsp3) is 0.200. The molecule has 0 aliphatic rings. The molecule has 0 aromatic heterocycles. The fourth-order valence-corrected chi connectivity index (χ4v) is 0.239. The summed E-state index contributed by atoms with van der Waals surface area (Å²) in [5, 5.41) is 9.14. The Hall–Kier alpha value is -1.12. The van der Waals surface area contributed by atoms with Gasteiger partial charge in [-0.2, -0.15) is 0 Å². The van der Waals surface area contributed by atoms with E-state index in [0.29, 0.717) is 6.54 Å². The van der Waals surface area contributed by atoms with Crippen molar-refractivity contribution in [2.75, 3.05) is 6.54 Å². The maximum Gasteiger partial charge on any atom is 0.0794 e. The predicted molar refractivity (Wildman–Crippen MR) is 35.5 cm³/mol. The van der Waals surface area contributed by atoms with Crippen LogP contribution in [0, 0.1) is 5.41 Å². The van der Waals surface area contributed by atoms with E-state index in [1.54, 1.807) is 6.21 Å². The van der Waals surface area contributed by atoms with Gasteiger partial charge in [0, 0.05) is 12.4 Å². The van der Waals surface area contributed by atoms with E-state index in [-0.39, 0.29) is 0 Å². The van der Waals surface area contributed by atoms with Crippen LogP contribution in [-0.2, 0) is 0 Å². The molecule has 0 unspecified atom stereocenters. The van der Waals surface area contributed by atoms with Crippen molar-refractivity contribution >= 4 is 12.6 Å². The van der Waals surface area contributed by atoms with Crippen molar-refractivity contribution in [3.8, 4) is 0 Å². The molecular weight excluding hydrogens is 102 g/mol. The highest BCUT2D eigenvalue weighted by atomic mass is 14.9. The standard InChI is InChI=1S/C5H9N3/c1-2-7-3-4-8-5-6/h2-3,5H,1,4H2,(H2,6,8). The third kappa shape index (κ3) is 4.88. The Morgan fingerprint density at radius 2 is 2.50 bits per heavy atom. The van der Waals surface area contributed by atoms with Gasteiger partial charge in [-0.05, 0) is 0 Å². The predicted octanol–water partition coefficient (Wildman–Crippen LogP) is 0.397. The summed E-state index contributed by atoms with van der Waals surface area (Å²) in [6.45, 7) is 3.97. The molecule has 2 N–H and O–H groups in total. The largest absolute Gasteiger partial charge is 0.372 e. The van der Waals surface area contributed by atoms with Gasteiger partial charge in [0.15, 0.2) is 0 Å². The van der Waals surface area contributed by atoms with Gasteiger partial charge in [0.25, 0.3) is 0 Å². The Bertz CT molecular complexity index is 95.8. The number of nitrogens with one attached hydrogen (secondary N) is 2. The Morgan fingerprint density at radius 3 is 3.00 bits per heavy atom.